The molecular weight excluding hydrogens is 472 g/mol. The Morgan fingerprint density at radius 2 is 2.03 bits per heavy atom. The third-order valence-corrected chi connectivity index (χ3v) is 8.03. The Bertz CT molecular complexity index is 1040. The van der Waals surface area contributed by atoms with E-state index in [1.807, 2.05) is 0 Å². The van der Waals surface area contributed by atoms with E-state index in [-0.39, 0.29) is 28.7 Å². The number of aliphatic hydroxyl groups is 3. The molecule has 0 aliphatic carbocycles. The van der Waals surface area contributed by atoms with Crippen molar-refractivity contribution < 1.29 is 38.4 Å². The van der Waals surface area contributed by atoms with Crippen molar-refractivity contribution in [1.82, 2.24) is 19.5 Å². The van der Waals surface area contributed by atoms with Crippen molar-refractivity contribution in [3.63, 3.8) is 0 Å². The number of aliphatic hydroxyl groups excluding tert-OH is 2. The van der Waals surface area contributed by atoms with Crippen LogP contribution in [0, 0.1) is 0 Å². The molecule has 0 radical (unpaired) electrons. The van der Waals surface area contributed by atoms with Crippen LogP contribution in [0.25, 0.3) is 11.2 Å². The highest BCUT2D eigenvalue weighted by Gasteiger charge is 2.51. The number of hydrogen-bond acceptors (Lipinski definition) is 10. The molecule has 7 atom stereocenters. The first-order valence-electron chi connectivity index (χ1n) is 9.74. The molecule has 6 N–H and O–H groups in total. The molecule has 12 nitrogen and oxygen atoms in total. The lowest BCUT2D eigenvalue weighted by molar-refractivity contribution is -0.0733. The van der Waals surface area contributed by atoms with Gasteiger partial charge in [0.2, 0.25) is 5.95 Å². The summed E-state index contributed by atoms with van der Waals surface area (Å²) in [6.45, 7) is 2.56. The molecule has 0 saturated carbocycles. The molecule has 1 aliphatic rings. The minimum absolute atomic E-state index is 0.0177. The van der Waals surface area contributed by atoms with Gasteiger partial charge in [-0.3, -0.25) is 13.7 Å². The first-order chi connectivity index (χ1) is 14.7. The summed E-state index contributed by atoms with van der Waals surface area (Å²) in [4.78, 5) is 22.1. The van der Waals surface area contributed by atoms with Crippen LogP contribution in [-0.4, -0.2) is 75.7 Å². The average molecular weight is 498 g/mol. The Labute approximate surface area is 187 Å². The topological polar surface area (TPSA) is 186 Å². The van der Waals surface area contributed by atoms with Crippen molar-refractivity contribution in [1.29, 1.82) is 0 Å². The van der Waals surface area contributed by atoms with Gasteiger partial charge >= 0.3 is 7.60 Å². The van der Waals surface area contributed by atoms with Crippen LogP contribution >= 0.6 is 19.2 Å². The molecular formula is C17H26ClFN5O7P. The highest BCUT2D eigenvalue weighted by molar-refractivity contribution is 7.54. The standard InChI is InChI=1S/C17H26ClFN5O7P/c1-4-17(3,27)32(28,29)31-16(2,6-19)5-8-10(25)11(26)14(30-8)24-7-21-9-12(18)22-15(20)23-13(9)24/h7-8,10-11,14,25-27H,4-6H2,1-3H3,(H,28,29)(H2,20,22,23)/t8-,10-,11-,14-,16?,17?/m1/s1. The molecule has 180 valence electrons. The molecule has 3 unspecified atom stereocenters. The van der Waals surface area contributed by atoms with Crippen LogP contribution in [0.4, 0.5) is 10.3 Å². The fraction of sp³-hybridized carbons (Fsp3) is 0.706. The van der Waals surface area contributed by atoms with E-state index < -0.39 is 56.2 Å². The van der Waals surface area contributed by atoms with E-state index in [4.69, 9.17) is 26.6 Å². The molecule has 0 amide bonds. The van der Waals surface area contributed by atoms with E-state index in [9.17, 15) is 29.2 Å². The summed E-state index contributed by atoms with van der Waals surface area (Å²) in [5.41, 5.74) is 4.04. The van der Waals surface area contributed by atoms with Gasteiger partial charge in [0.15, 0.2) is 22.4 Å². The molecule has 0 bridgehead atoms. The van der Waals surface area contributed by atoms with Crippen molar-refractivity contribution in [2.24, 2.45) is 0 Å². The van der Waals surface area contributed by atoms with Gasteiger partial charge in [0.1, 0.15) is 30.0 Å². The second kappa shape index (κ2) is 8.73. The number of aromatic nitrogens is 4. The summed E-state index contributed by atoms with van der Waals surface area (Å²) in [7, 11) is -4.68. The third-order valence-electron chi connectivity index (χ3n) is 5.55. The van der Waals surface area contributed by atoms with E-state index in [1.165, 1.54) is 24.7 Å². The molecule has 1 fully saturated rings. The minimum Gasteiger partial charge on any atom is -0.388 e. The average Bonchev–Trinajstić information content (AvgIpc) is 3.23. The van der Waals surface area contributed by atoms with Crippen LogP contribution in [0.5, 0.6) is 0 Å². The molecule has 3 heterocycles. The number of fused-ring (bicyclic) bond motifs is 1. The number of rotatable bonds is 8. The maximum atomic E-state index is 13.9. The lowest BCUT2D eigenvalue weighted by Gasteiger charge is -2.36. The normalized spacial score (nSPS) is 29.5. The largest absolute Gasteiger partial charge is 0.388 e. The van der Waals surface area contributed by atoms with Crippen LogP contribution < -0.4 is 5.73 Å². The summed E-state index contributed by atoms with van der Waals surface area (Å²) < 4.78 is 38.6. The van der Waals surface area contributed by atoms with E-state index in [2.05, 4.69) is 15.0 Å². The fourth-order valence-electron chi connectivity index (χ4n) is 3.35. The van der Waals surface area contributed by atoms with E-state index >= 15 is 0 Å². The Hall–Kier alpha value is -1.44. The first-order valence-corrected chi connectivity index (χ1v) is 11.7. The lowest BCUT2D eigenvalue weighted by atomic mass is 9.96. The summed E-state index contributed by atoms with van der Waals surface area (Å²) in [6, 6.07) is 0. The van der Waals surface area contributed by atoms with Gasteiger partial charge in [-0.05, 0) is 20.3 Å². The molecule has 1 aliphatic heterocycles. The van der Waals surface area contributed by atoms with Crippen LogP contribution in [-0.2, 0) is 13.8 Å². The molecule has 2 aromatic rings. The monoisotopic (exact) mass is 497 g/mol. The van der Waals surface area contributed by atoms with Gasteiger partial charge in [0, 0.05) is 6.42 Å². The second-order valence-corrected chi connectivity index (χ2v) is 10.8. The molecule has 15 heteroatoms. The molecule has 0 aromatic carbocycles. The number of alkyl halides is 1. The van der Waals surface area contributed by atoms with Crippen LogP contribution in [0.1, 0.15) is 39.8 Å². The van der Waals surface area contributed by atoms with Crippen LogP contribution in [0.15, 0.2) is 6.33 Å². The number of imidazole rings is 1. The summed E-state index contributed by atoms with van der Waals surface area (Å²) in [6.07, 6.45) is -4.66. The number of anilines is 1. The second-order valence-electron chi connectivity index (χ2n) is 8.21. The van der Waals surface area contributed by atoms with Crippen molar-refractivity contribution in [2.45, 2.75) is 69.1 Å². The van der Waals surface area contributed by atoms with Crippen molar-refractivity contribution in [3.8, 4) is 0 Å². The first kappa shape index (κ1) is 25.2. The van der Waals surface area contributed by atoms with Crippen LogP contribution in [0.3, 0.4) is 0 Å². The number of hydrogen-bond donors (Lipinski definition) is 5. The molecule has 1 saturated heterocycles. The Morgan fingerprint density at radius 3 is 2.62 bits per heavy atom. The summed E-state index contributed by atoms with van der Waals surface area (Å²) in [5.74, 6) is -0.145. The van der Waals surface area contributed by atoms with Gasteiger partial charge < -0.3 is 30.7 Å². The quantitative estimate of drug-likeness (QED) is 0.260. The smallest absolute Gasteiger partial charge is 0.359 e. The maximum Gasteiger partial charge on any atom is 0.359 e. The Morgan fingerprint density at radius 1 is 1.38 bits per heavy atom. The van der Waals surface area contributed by atoms with Crippen molar-refractivity contribution in [3.05, 3.63) is 11.5 Å². The fourth-order valence-corrected chi connectivity index (χ4v) is 4.89. The predicted octanol–water partition coefficient (Wildman–Crippen LogP) is 1.12. The molecule has 0 spiro atoms. The van der Waals surface area contributed by atoms with Gasteiger partial charge in [0.25, 0.3) is 0 Å². The predicted molar refractivity (Wildman–Crippen MR) is 111 cm³/mol. The van der Waals surface area contributed by atoms with E-state index in [0.29, 0.717) is 0 Å². The number of nitrogens with two attached hydrogens (primary N) is 1. The SMILES string of the molecule is CCC(C)(O)P(=O)(O)OC(C)(CF)C[C@H]1O[C@@H](n2cnc3c(Cl)nc(N)nc32)[C@H](O)[C@@H]1O. The van der Waals surface area contributed by atoms with Gasteiger partial charge in [-0.2, -0.15) is 9.97 Å². The van der Waals surface area contributed by atoms with Gasteiger partial charge in [-0.15, -0.1) is 0 Å². The highest BCUT2D eigenvalue weighted by Crippen LogP contribution is 2.58. The zero-order valence-electron chi connectivity index (χ0n) is 17.6. The zero-order valence-corrected chi connectivity index (χ0v) is 19.2. The number of nitrogens with zero attached hydrogens (tertiary/aromatic N) is 4. The molecule has 3 rings (SSSR count). The van der Waals surface area contributed by atoms with E-state index in [0.717, 1.165) is 6.92 Å². The summed E-state index contributed by atoms with van der Waals surface area (Å²) in [5, 5.41) is 29.1. The van der Waals surface area contributed by atoms with Crippen molar-refractivity contribution in [2.75, 3.05) is 12.4 Å². The number of ether oxygens (including phenoxy) is 1. The molecule has 2 aromatic heterocycles. The van der Waals surface area contributed by atoms with E-state index in [1.54, 1.807) is 0 Å². The highest BCUT2D eigenvalue weighted by atomic mass is 35.5. The van der Waals surface area contributed by atoms with Gasteiger partial charge in [-0.1, -0.05) is 18.5 Å². The number of halogens is 2. The molecule has 32 heavy (non-hydrogen) atoms. The lowest BCUT2D eigenvalue weighted by Crippen LogP contribution is -2.41. The Kier molecular flexibility index (Phi) is 6.87. The Balaban J connectivity index is 1.86. The minimum atomic E-state index is -4.68. The van der Waals surface area contributed by atoms with Gasteiger partial charge in [0.05, 0.1) is 12.4 Å². The zero-order chi connectivity index (χ0) is 24.1. The maximum absolute atomic E-state index is 13.9. The third kappa shape index (κ3) is 4.48. The van der Waals surface area contributed by atoms with Gasteiger partial charge in [-0.25, -0.2) is 9.37 Å². The van der Waals surface area contributed by atoms with Crippen molar-refractivity contribution >= 4 is 36.3 Å². The summed E-state index contributed by atoms with van der Waals surface area (Å²) >= 11 is 6.00. The van der Waals surface area contributed by atoms with Crippen LogP contribution in [0.2, 0.25) is 5.15 Å². The number of nitrogen functional groups attached to an aromatic ring is 1.